The Hall–Kier alpha value is -2.15. The zero-order chi connectivity index (χ0) is 17.0. The number of carbonyl (C=O) groups excluding carboxylic acids is 1. The molecule has 7 heteroatoms. The molecule has 1 amide bonds. The first kappa shape index (κ1) is 17.2. The number of carboxylic acid groups (broad SMARTS) is 1. The lowest BCUT2D eigenvalue weighted by molar-refractivity contribution is -0.148. The fraction of sp³-hybridized carbons (Fsp3) is 0.312. The van der Waals surface area contributed by atoms with Crippen LogP contribution in [0.3, 0.4) is 0 Å². The number of oxazole rings is 1. The van der Waals surface area contributed by atoms with Gasteiger partial charge in [-0.2, -0.15) is 0 Å². The maximum atomic E-state index is 12.0. The molecule has 1 atom stereocenters. The summed E-state index contributed by atoms with van der Waals surface area (Å²) in [5.41, 5.74) is 0.884. The Kier molecular flexibility index (Phi) is 5.54. The number of nitrogens with zero attached hydrogens (tertiary/aromatic N) is 2. The van der Waals surface area contributed by atoms with Crippen molar-refractivity contribution in [3.8, 4) is 11.3 Å². The maximum Gasteiger partial charge on any atom is 0.326 e. The van der Waals surface area contributed by atoms with E-state index < -0.39 is 12.0 Å². The van der Waals surface area contributed by atoms with Gasteiger partial charge in [0, 0.05) is 29.9 Å². The average molecular weight is 381 g/mol. The number of benzene rings is 1. The molecule has 0 aliphatic carbocycles. The van der Waals surface area contributed by atoms with E-state index in [4.69, 9.17) is 9.52 Å². The molecule has 2 aromatic rings. The molecule has 0 aliphatic heterocycles. The molecule has 2 rings (SSSR count). The predicted octanol–water partition coefficient (Wildman–Crippen LogP) is 2.97. The third kappa shape index (κ3) is 4.19. The highest BCUT2D eigenvalue weighted by Crippen LogP contribution is 2.28. The third-order valence-corrected chi connectivity index (χ3v) is 4.27. The second-order valence-corrected chi connectivity index (χ2v) is 5.97. The number of aliphatic carboxylic acids is 1. The molecule has 0 fully saturated rings. The number of rotatable bonds is 6. The lowest BCUT2D eigenvalue weighted by Gasteiger charge is -2.21. The van der Waals surface area contributed by atoms with Gasteiger partial charge in [-0.05, 0) is 13.0 Å². The van der Waals surface area contributed by atoms with Gasteiger partial charge in [0.05, 0.1) is 6.20 Å². The van der Waals surface area contributed by atoms with Crippen LogP contribution in [0.5, 0.6) is 0 Å². The molecular weight excluding hydrogens is 364 g/mol. The van der Waals surface area contributed by atoms with Crippen LogP contribution >= 0.6 is 15.9 Å². The molecule has 1 heterocycles. The van der Waals surface area contributed by atoms with Crippen LogP contribution < -0.4 is 0 Å². The van der Waals surface area contributed by atoms with Crippen LogP contribution in [0, 0.1) is 0 Å². The smallest absolute Gasteiger partial charge is 0.326 e. The van der Waals surface area contributed by atoms with Gasteiger partial charge in [0.2, 0.25) is 5.91 Å². The van der Waals surface area contributed by atoms with Gasteiger partial charge in [0.25, 0.3) is 0 Å². The fourth-order valence-electron chi connectivity index (χ4n) is 1.98. The minimum atomic E-state index is -1.03. The van der Waals surface area contributed by atoms with E-state index in [9.17, 15) is 9.59 Å². The number of hydrogen-bond donors (Lipinski definition) is 1. The van der Waals surface area contributed by atoms with E-state index in [1.165, 1.54) is 18.9 Å². The summed E-state index contributed by atoms with van der Waals surface area (Å²) in [4.78, 5) is 28.2. The average Bonchev–Trinajstić information content (AvgIpc) is 3.00. The molecule has 6 nitrogen and oxygen atoms in total. The summed E-state index contributed by atoms with van der Waals surface area (Å²) < 4.78 is 6.56. The van der Waals surface area contributed by atoms with Crippen molar-refractivity contribution in [1.29, 1.82) is 0 Å². The quantitative estimate of drug-likeness (QED) is 0.832. The van der Waals surface area contributed by atoms with E-state index in [1.54, 1.807) is 6.20 Å². The minimum absolute atomic E-state index is 0.143. The van der Waals surface area contributed by atoms with Crippen molar-refractivity contribution in [3.05, 3.63) is 40.8 Å². The lowest BCUT2D eigenvalue weighted by Crippen LogP contribution is -2.40. The molecule has 1 unspecified atom stereocenters. The molecule has 1 N–H and O–H groups in total. The van der Waals surface area contributed by atoms with Crippen molar-refractivity contribution in [2.75, 3.05) is 7.05 Å². The molecular formula is C16H17BrN2O4. The first-order valence-corrected chi connectivity index (χ1v) is 7.87. The highest BCUT2D eigenvalue weighted by atomic mass is 79.9. The molecule has 0 aliphatic rings. The molecule has 0 saturated carbocycles. The zero-order valence-corrected chi connectivity index (χ0v) is 14.4. The molecule has 122 valence electrons. The number of amides is 1. The summed E-state index contributed by atoms with van der Waals surface area (Å²) >= 11 is 3.45. The van der Waals surface area contributed by atoms with Crippen LogP contribution in [0.25, 0.3) is 11.3 Å². The van der Waals surface area contributed by atoms with Gasteiger partial charge in [0.1, 0.15) is 6.04 Å². The summed E-state index contributed by atoms with van der Waals surface area (Å²) in [6.45, 7) is 1.47. The SMILES string of the molecule is CC(C(=O)O)N(C)C(=O)CCc1ncc(-c2ccccc2Br)o1. The number of halogens is 1. The standard InChI is InChI=1S/C16H17BrN2O4/c1-10(16(21)22)19(2)15(20)8-7-14-18-9-13(23-14)11-5-3-4-6-12(11)17/h3-6,9-10H,7-8H2,1-2H3,(H,21,22). The maximum absolute atomic E-state index is 12.0. The Morgan fingerprint density at radius 1 is 1.39 bits per heavy atom. The molecule has 1 aromatic carbocycles. The van der Waals surface area contributed by atoms with Crippen molar-refractivity contribution < 1.29 is 19.1 Å². The Labute approximate surface area is 142 Å². The highest BCUT2D eigenvalue weighted by molar-refractivity contribution is 9.10. The number of carboxylic acids is 1. The summed E-state index contributed by atoms with van der Waals surface area (Å²) in [5, 5.41) is 8.91. The van der Waals surface area contributed by atoms with E-state index in [0.717, 1.165) is 10.0 Å². The van der Waals surface area contributed by atoms with Gasteiger partial charge in [-0.25, -0.2) is 9.78 Å². The van der Waals surface area contributed by atoms with Gasteiger partial charge >= 0.3 is 5.97 Å². The van der Waals surface area contributed by atoms with E-state index in [-0.39, 0.29) is 12.3 Å². The molecule has 23 heavy (non-hydrogen) atoms. The monoisotopic (exact) mass is 380 g/mol. The van der Waals surface area contributed by atoms with Crippen LogP contribution in [-0.4, -0.2) is 40.0 Å². The highest BCUT2D eigenvalue weighted by Gasteiger charge is 2.21. The molecule has 0 saturated heterocycles. The number of aromatic nitrogens is 1. The van der Waals surface area contributed by atoms with Crippen molar-refractivity contribution in [1.82, 2.24) is 9.88 Å². The summed E-state index contributed by atoms with van der Waals surface area (Å²) in [7, 11) is 1.48. The Morgan fingerprint density at radius 3 is 2.74 bits per heavy atom. The minimum Gasteiger partial charge on any atom is -0.480 e. The molecule has 1 aromatic heterocycles. The van der Waals surface area contributed by atoms with Crippen LogP contribution in [-0.2, 0) is 16.0 Å². The fourth-order valence-corrected chi connectivity index (χ4v) is 2.46. The van der Waals surface area contributed by atoms with E-state index in [1.807, 2.05) is 24.3 Å². The Balaban J connectivity index is 1.99. The number of hydrogen-bond acceptors (Lipinski definition) is 4. The number of carbonyl (C=O) groups is 2. The lowest BCUT2D eigenvalue weighted by atomic mass is 10.2. The van der Waals surface area contributed by atoms with Crippen LogP contribution in [0.4, 0.5) is 0 Å². The van der Waals surface area contributed by atoms with E-state index >= 15 is 0 Å². The van der Waals surface area contributed by atoms with Gasteiger partial charge in [-0.15, -0.1) is 0 Å². The van der Waals surface area contributed by atoms with Crippen molar-refractivity contribution in [2.45, 2.75) is 25.8 Å². The largest absolute Gasteiger partial charge is 0.480 e. The Bertz CT molecular complexity index is 714. The first-order chi connectivity index (χ1) is 10.9. The summed E-state index contributed by atoms with van der Waals surface area (Å²) in [5.74, 6) is -0.235. The van der Waals surface area contributed by atoms with Gasteiger partial charge in [0.15, 0.2) is 11.7 Å². The van der Waals surface area contributed by atoms with Crippen LogP contribution in [0.1, 0.15) is 19.2 Å². The van der Waals surface area contributed by atoms with E-state index in [0.29, 0.717) is 18.1 Å². The van der Waals surface area contributed by atoms with Crippen molar-refractivity contribution in [3.63, 3.8) is 0 Å². The van der Waals surface area contributed by atoms with Gasteiger partial charge in [-0.3, -0.25) is 4.79 Å². The zero-order valence-electron chi connectivity index (χ0n) is 12.8. The van der Waals surface area contributed by atoms with Crippen LogP contribution in [0.15, 0.2) is 39.4 Å². The topological polar surface area (TPSA) is 83.6 Å². The second kappa shape index (κ2) is 7.41. The summed E-state index contributed by atoms with van der Waals surface area (Å²) in [6, 6.07) is 6.75. The van der Waals surface area contributed by atoms with Gasteiger partial charge < -0.3 is 14.4 Å². The third-order valence-electron chi connectivity index (χ3n) is 3.58. The molecule has 0 radical (unpaired) electrons. The van der Waals surface area contributed by atoms with Crippen molar-refractivity contribution in [2.24, 2.45) is 0 Å². The van der Waals surface area contributed by atoms with Gasteiger partial charge in [-0.1, -0.05) is 34.1 Å². The molecule has 0 bridgehead atoms. The summed E-state index contributed by atoms with van der Waals surface area (Å²) in [6.07, 6.45) is 2.08. The second-order valence-electron chi connectivity index (χ2n) is 5.12. The van der Waals surface area contributed by atoms with Crippen LogP contribution in [0.2, 0.25) is 0 Å². The first-order valence-electron chi connectivity index (χ1n) is 7.08. The Morgan fingerprint density at radius 2 is 2.09 bits per heavy atom. The predicted molar refractivity (Wildman–Crippen MR) is 87.8 cm³/mol. The normalized spacial score (nSPS) is 12.0. The number of aryl methyl sites for hydroxylation is 1. The van der Waals surface area contributed by atoms with Crippen molar-refractivity contribution >= 4 is 27.8 Å². The number of likely N-dealkylation sites (N-methyl/N-ethyl adjacent to an activating group) is 1. The van der Waals surface area contributed by atoms with E-state index in [2.05, 4.69) is 20.9 Å². The molecule has 0 spiro atoms.